The predicted molar refractivity (Wildman–Crippen MR) is 181 cm³/mol. The molecule has 3 aliphatic rings. The largest absolute Gasteiger partial charge is 0.495 e. The van der Waals surface area contributed by atoms with Crippen LogP contribution in [0.15, 0.2) is 41.1 Å². The van der Waals surface area contributed by atoms with Crippen molar-refractivity contribution in [2.75, 3.05) is 38.8 Å². The van der Waals surface area contributed by atoms with E-state index in [1.54, 1.807) is 31.6 Å². The number of aryl methyl sites for hydroxylation is 1. The molecule has 3 aromatic rings. The molecule has 0 atom stereocenters. The van der Waals surface area contributed by atoms with Crippen LogP contribution in [0.1, 0.15) is 94.3 Å². The van der Waals surface area contributed by atoms with Gasteiger partial charge in [0.15, 0.2) is 5.89 Å². The van der Waals surface area contributed by atoms with E-state index in [4.69, 9.17) is 28.6 Å². The van der Waals surface area contributed by atoms with Crippen molar-refractivity contribution in [3.63, 3.8) is 0 Å². The number of carbonyl (C=O) groups excluding carboxylic acids is 2. The summed E-state index contributed by atoms with van der Waals surface area (Å²) in [5, 5.41) is 0. The predicted octanol–water partition coefficient (Wildman–Crippen LogP) is 6.91. The average Bonchev–Trinajstić information content (AvgIpc) is 3.58. The van der Waals surface area contributed by atoms with Crippen LogP contribution >= 0.6 is 0 Å². The van der Waals surface area contributed by atoms with Crippen molar-refractivity contribution in [1.82, 2.24) is 19.9 Å². The van der Waals surface area contributed by atoms with Crippen molar-refractivity contribution >= 4 is 17.8 Å². The number of rotatable bonds is 10. The fourth-order valence-electron chi connectivity index (χ4n) is 7.22. The fraction of sp³-hybridized carbons (Fsp3) is 0.595. The van der Waals surface area contributed by atoms with Crippen LogP contribution in [0, 0.1) is 18.8 Å². The summed E-state index contributed by atoms with van der Waals surface area (Å²) in [4.78, 5) is 44.8. The highest BCUT2D eigenvalue weighted by Crippen LogP contribution is 2.38. The Morgan fingerprint density at radius 1 is 0.979 bits per heavy atom. The summed E-state index contributed by atoms with van der Waals surface area (Å²) in [6.45, 7) is 7.82. The summed E-state index contributed by atoms with van der Waals surface area (Å²) in [7, 11) is 3.33. The van der Waals surface area contributed by atoms with Crippen molar-refractivity contribution < 1.29 is 28.2 Å². The number of ether oxygens (including phenoxy) is 3. The number of oxazole rings is 1. The molecule has 1 saturated heterocycles. The molecule has 1 aliphatic heterocycles. The number of amides is 2. The van der Waals surface area contributed by atoms with Crippen LogP contribution < -0.4 is 9.64 Å². The van der Waals surface area contributed by atoms with E-state index in [1.807, 2.05) is 43.9 Å². The Kier molecular flexibility index (Phi) is 10.6. The normalized spacial score (nSPS) is 23.1. The molecule has 3 fully saturated rings. The molecule has 0 aromatic carbocycles. The van der Waals surface area contributed by atoms with E-state index in [2.05, 4.69) is 11.1 Å². The minimum Gasteiger partial charge on any atom is -0.495 e. The van der Waals surface area contributed by atoms with Crippen molar-refractivity contribution in [2.24, 2.45) is 11.8 Å². The van der Waals surface area contributed by atoms with Gasteiger partial charge in [-0.1, -0.05) is 13.8 Å². The fourth-order valence-corrected chi connectivity index (χ4v) is 7.22. The van der Waals surface area contributed by atoms with Crippen LogP contribution in [-0.4, -0.2) is 77.9 Å². The Morgan fingerprint density at radius 3 is 2.38 bits per heavy atom. The lowest BCUT2D eigenvalue weighted by molar-refractivity contribution is -0.124. The maximum Gasteiger partial charge on any atom is 0.410 e. The Bertz CT molecular complexity index is 1550. The van der Waals surface area contributed by atoms with Gasteiger partial charge in [-0.15, -0.1) is 0 Å². The first-order valence-corrected chi connectivity index (χ1v) is 17.5. The molecule has 0 spiro atoms. The van der Waals surface area contributed by atoms with Crippen molar-refractivity contribution in [3.05, 3.63) is 54.0 Å². The molecule has 4 heterocycles. The van der Waals surface area contributed by atoms with Crippen LogP contribution in [0.25, 0.3) is 11.3 Å². The van der Waals surface area contributed by atoms with Crippen LogP contribution in [0.5, 0.6) is 5.75 Å². The zero-order valence-corrected chi connectivity index (χ0v) is 28.9. The summed E-state index contributed by atoms with van der Waals surface area (Å²) in [6, 6.07) is 7.97. The number of anilines is 1. The molecule has 258 valence electrons. The molecule has 0 bridgehead atoms. The van der Waals surface area contributed by atoms with Gasteiger partial charge in [-0.2, -0.15) is 0 Å². The molecule has 11 heteroatoms. The molecule has 0 unspecified atom stereocenters. The van der Waals surface area contributed by atoms with Gasteiger partial charge < -0.3 is 23.5 Å². The zero-order valence-electron chi connectivity index (χ0n) is 28.9. The Balaban J connectivity index is 1.14. The third-order valence-corrected chi connectivity index (χ3v) is 10.3. The second-order valence-electron chi connectivity index (χ2n) is 13.9. The van der Waals surface area contributed by atoms with E-state index in [0.29, 0.717) is 68.9 Å². The first kappa shape index (κ1) is 33.9. The molecule has 2 amide bonds. The highest BCUT2D eigenvalue weighted by Gasteiger charge is 2.37. The van der Waals surface area contributed by atoms with Gasteiger partial charge in [-0.25, -0.2) is 14.8 Å². The quantitative estimate of drug-likeness (QED) is 0.229. The van der Waals surface area contributed by atoms with Crippen molar-refractivity contribution in [2.45, 2.75) is 96.2 Å². The Morgan fingerprint density at radius 2 is 1.73 bits per heavy atom. The molecule has 0 N–H and O–H groups in total. The number of methoxy groups -OCH3 is 2. The van der Waals surface area contributed by atoms with E-state index in [1.165, 1.54) is 0 Å². The molecule has 0 radical (unpaired) electrons. The summed E-state index contributed by atoms with van der Waals surface area (Å²) < 4.78 is 22.2. The maximum absolute atomic E-state index is 14.4. The van der Waals surface area contributed by atoms with Gasteiger partial charge >= 0.3 is 6.09 Å². The summed E-state index contributed by atoms with van der Waals surface area (Å²) in [5.74, 6) is 2.98. The van der Waals surface area contributed by atoms with E-state index in [0.717, 1.165) is 54.1 Å². The summed E-state index contributed by atoms with van der Waals surface area (Å²) in [5.41, 5.74) is 3.64. The molecule has 48 heavy (non-hydrogen) atoms. The number of nitrogens with zero attached hydrogens (tertiary/aromatic N) is 5. The first-order valence-electron chi connectivity index (χ1n) is 17.5. The minimum absolute atomic E-state index is 0.0870. The monoisotopic (exact) mass is 659 g/mol. The van der Waals surface area contributed by atoms with Gasteiger partial charge in [0.2, 0.25) is 5.91 Å². The molecular weight excluding hydrogens is 610 g/mol. The average molecular weight is 660 g/mol. The third-order valence-electron chi connectivity index (χ3n) is 10.3. The molecule has 11 nitrogen and oxygen atoms in total. The number of hydrogen-bond donors (Lipinski definition) is 0. The van der Waals surface area contributed by atoms with Crippen LogP contribution in [0.3, 0.4) is 0 Å². The highest BCUT2D eigenvalue weighted by atomic mass is 16.6. The lowest BCUT2D eigenvalue weighted by Crippen LogP contribution is -2.55. The second-order valence-corrected chi connectivity index (χ2v) is 13.9. The first-order chi connectivity index (χ1) is 23.2. The highest BCUT2D eigenvalue weighted by molar-refractivity contribution is 5.94. The van der Waals surface area contributed by atoms with Gasteiger partial charge in [-0.05, 0) is 88.5 Å². The molecule has 2 aliphatic carbocycles. The number of likely N-dealkylation sites (tertiary alicyclic amines) is 1. The minimum atomic E-state index is -0.287. The van der Waals surface area contributed by atoms with E-state index in [9.17, 15) is 9.59 Å². The smallest absolute Gasteiger partial charge is 0.410 e. The summed E-state index contributed by atoms with van der Waals surface area (Å²) in [6.07, 6.45) is 9.79. The SMILES string of the molecule is COc1ccc(C2CCC(CN(C(=O)C3CCC(OC(=O)N4CC(OC)C4)CC3)c3cc(-c4coc(C(C)C)n4)ccn3)CC2)nc1C. The van der Waals surface area contributed by atoms with E-state index in [-0.39, 0.29) is 36.0 Å². The standard InChI is InChI=1S/C37H49N5O6/c1-23(2)35-40-32(22-47-35)28-16-17-38-34(18-28)42(19-25-6-8-26(9-7-25)31-14-15-33(46-5)24(3)39-31)36(43)27-10-12-29(13-11-27)48-37(44)41-20-30(21-41)45-4/h14-18,22-23,25-27,29-30H,6-13,19-21H2,1-5H3. The van der Waals surface area contributed by atoms with Gasteiger partial charge in [0.05, 0.1) is 32.0 Å². The van der Waals surface area contributed by atoms with Crippen LogP contribution in [-0.2, 0) is 14.3 Å². The summed E-state index contributed by atoms with van der Waals surface area (Å²) >= 11 is 0. The number of aromatic nitrogens is 3. The Labute approximate surface area is 283 Å². The number of hydrogen-bond acceptors (Lipinski definition) is 9. The van der Waals surface area contributed by atoms with Gasteiger partial charge in [0.1, 0.15) is 29.6 Å². The third kappa shape index (κ3) is 7.66. The molecule has 6 rings (SSSR count). The Hall–Kier alpha value is -3.99. The topological polar surface area (TPSA) is 120 Å². The van der Waals surface area contributed by atoms with E-state index >= 15 is 0 Å². The van der Waals surface area contributed by atoms with Crippen molar-refractivity contribution in [3.8, 4) is 17.0 Å². The van der Waals surface area contributed by atoms with Gasteiger partial charge in [-0.3, -0.25) is 14.7 Å². The lowest BCUT2D eigenvalue weighted by Gasteiger charge is -2.39. The van der Waals surface area contributed by atoms with Crippen LogP contribution in [0.2, 0.25) is 0 Å². The van der Waals surface area contributed by atoms with Crippen LogP contribution in [0.4, 0.5) is 10.6 Å². The van der Waals surface area contributed by atoms with Crippen molar-refractivity contribution in [1.29, 1.82) is 0 Å². The van der Waals surface area contributed by atoms with Gasteiger partial charge in [0, 0.05) is 48.9 Å². The molecule has 2 saturated carbocycles. The second kappa shape index (κ2) is 15.1. The number of pyridine rings is 2. The molecule has 3 aromatic heterocycles. The number of carbonyl (C=O) groups is 2. The maximum atomic E-state index is 14.4. The molecular formula is C37H49N5O6. The van der Waals surface area contributed by atoms with E-state index < -0.39 is 0 Å². The van der Waals surface area contributed by atoms with Gasteiger partial charge in [0.25, 0.3) is 0 Å². The lowest BCUT2D eigenvalue weighted by atomic mass is 9.79. The zero-order chi connectivity index (χ0) is 33.8.